The molecule has 9 rings (SSSR count). The van der Waals surface area contributed by atoms with Crippen LogP contribution in [-0.4, -0.2) is 97.1 Å². The molecule has 0 radical (unpaired) electrons. The summed E-state index contributed by atoms with van der Waals surface area (Å²) in [4.78, 5) is 33.3. The predicted molar refractivity (Wildman–Crippen MR) is 194 cm³/mol. The molecule has 0 unspecified atom stereocenters. The zero-order valence-electron chi connectivity index (χ0n) is 28.9. The normalized spacial score (nSPS) is 24.1. The maximum absolute atomic E-state index is 17.2. The van der Waals surface area contributed by atoms with E-state index in [0.29, 0.717) is 61.9 Å². The number of fused-ring (bicyclic) bond motifs is 3. The van der Waals surface area contributed by atoms with Crippen LogP contribution in [0.1, 0.15) is 49.3 Å². The molecular weight excluding hydrogens is 729 g/mol. The standard InChI is InChI=1S/C36H34ClF3N10O2S/c1-18-43-19(2)50(46-18)34(51)49-11-8-35(49)7-10-47(16-35)32-22-12-24(37)27(21-4-5-25(39)30-26(21)23(14-41)31(42)53-30)28(40)29(22)44-33(45-32)52-17-36-6-3-9-48(36)15-20(38)13-36/h4-5,12,20H,3,6-11,13,15-17,42H2,1-2H3/t20-,35+,36+/m1/s1. The molecule has 274 valence electrons. The number of nitrogen functional groups attached to an aromatic ring is 1. The molecule has 4 saturated heterocycles. The van der Waals surface area contributed by atoms with Crippen LogP contribution in [0.4, 0.5) is 28.8 Å². The highest BCUT2D eigenvalue weighted by molar-refractivity contribution is 7.23. The predicted octanol–water partition coefficient (Wildman–Crippen LogP) is 6.38. The summed E-state index contributed by atoms with van der Waals surface area (Å²) in [6.07, 6.45) is 2.42. The summed E-state index contributed by atoms with van der Waals surface area (Å²) in [7, 11) is 0. The third kappa shape index (κ3) is 5.14. The Hall–Kier alpha value is -4.72. The van der Waals surface area contributed by atoms with Gasteiger partial charge in [0.05, 0.1) is 26.4 Å². The topological polar surface area (TPSA) is 142 Å². The van der Waals surface area contributed by atoms with E-state index in [-0.39, 0.29) is 61.0 Å². The molecule has 0 saturated carbocycles. The average molecular weight is 763 g/mol. The van der Waals surface area contributed by atoms with Gasteiger partial charge in [-0.15, -0.1) is 16.4 Å². The van der Waals surface area contributed by atoms with Crippen LogP contribution in [0.3, 0.4) is 0 Å². The lowest BCUT2D eigenvalue weighted by molar-refractivity contribution is 0.0397. The molecule has 3 aromatic heterocycles. The Labute approximate surface area is 310 Å². The summed E-state index contributed by atoms with van der Waals surface area (Å²) in [5, 5.41) is 14.8. The zero-order chi connectivity index (χ0) is 37.0. The van der Waals surface area contributed by atoms with Crippen molar-refractivity contribution in [3.8, 4) is 23.2 Å². The molecule has 1 spiro atoms. The Bertz CT molecular complexity index is 2420. The number of nitrogens with two attached hydrogens (primary N) is 1. The van der Waals surface area contributed by atoms with Gasteiger partial charge in [-0.05, 0) is 63.8 Å². The second-order valence-electron chi connectivity index (χ2n) is 14.6. The number of carbonyl (C=O) groups is 1. The summed E-state index contributed by atoms with van der Waals surface area (Å²) >= 11 is 7.82. The van der Waals surface area contributed by atoms with E-state index in [0.717, 1.165) is 37.1 Å². The van der Waals surface area contributed by atoms with Crippen molar-refractivity contribution in [2.24, 2.45) is 0 Å². The third-order valence-electron chi connectivity index (χ3n) is 11.6. The maximum atomic E-state index is 17.2. The molecule has 7 heterocycles. The number of ether oxygens (including phenoxy) is 1. The van der Waals surface area contributed by atoms with Crippen LogP contribution in [0.25, 0.3) is 32.1 Å². The van der Waals surface area contributed by atoms with Gasteiger partial charge in [-0.3, -0.25) is 4.90 Å². The summed E-state index contributed by atoms with van der Waals surface area (Å²) in [5.74, 6) is -0.0221. The van der Waals surface area contributed by atoms with Crippen molar-refractivity contribution in [2.75, 3.05) is 50.0 Å². The fourth-order valence-corrected chi connectivity index (χ4v) is 10.2. The van der Waals surface area contributed by atoms with Crippen molar-refractivity contribution in [2.45, 2.75) is 63.2 Å². The second kappa shape index (κ2) is 12.2. The van der Waals surface area contributed by atoms with Crippen molar-refractivity contribution in [1.29, 1.82) is 5.26 Å². The monoisotopic (exact) mass is 762 g/mol. The van der Waals surface area contributed by atoms with Gasteiger partial charge in [0, 0.05) is 48.9 Å². The molecule has 2 N–H and O–H groups in total. The molecule has 3 atom stereocenters. The molecule has 53 heavy (non-hydrogen) atoms. The quantitative estimate of drug-likeness (QED) is 0.214. The number of likely N-dealkylation sites (tertiary alicyclic amines) is 1. The first-order chi connectivity index (χ1) is 25.4. The molecule has 1 amide bonds. The highest BCUT2D eigenvalue weighted by Gasteiger charge is 2.53. The first-order valence-corrected chi connectivity index (χ1v) is 18.7. The Kier molecular flexibility index (Phi) is 7.81. The van der Waals surface area contributed by atoms with E-state index in [2.05, 4.69) is 20.0 Å². The number of thiophene rings is 1. The summed E-state index contributed by atoms with van der Waals surface area (Å²) in [6.45, 7) is 6.15. The number of hydrogen-bond acceptors (Lipinski definition) is 11. The molecule has 4 fully saturated rings. The van der Waals surface area contributed by atoms with Gasteiger partial charge in [-0.2, -0.15) is 19.9 Å². The van der Waals surface area contributed by atoms with Crippen molar-refractivity contribution in [1.82, 2.24) is 34.5 Å². The Morgan fingerprint density at radius 1 is 1.17 bits per heavy atom. The molecule has 5 aromatic rings. The Balaban J connectivity index is 1.15. The van der Waals surface area contributed by atoms with Crippen LogP contribution >= 0.6 is 22.9 Å². The van der Waals surface area contributed by atoms with E-state index in [1.807, 2.05) is 11.0 Å². The minimum atomic E-state index is -0.967. The van der Waals surface area contributed by atoms with Crippen LogP contribution in [0.15, 0.2) is 18.2 Å². The largest absolute Gasteiger partial charge is 0.461 e. The third-order valence-corrected chi connectivity index (χ3v) is 12.9. The van der Waals surface area contributed by atoms with E-state index >= 15 is 4.39 Å². The number of benzene rings is 2. The van der Waals surface area contributed by atoms with Gasteiger partial charge in [-0.25, -0.2) is 22.9 Å². The Morgan fingerprint density at radius 3 is 2.72 bits per heavy atom. The molecule has 12 nitrogen and oxygen atoms in total. The second-order valence-corrected chi connectivity index (χ2v) is 16.0. The van der Waals surface area contributed by atoms with Crippen molar-refractivity contribution in [3.05, 3.63) is 52.1 Å². The number of halogens is 4. The van der Waals surface area contributed by atoms with Crippen LogP contribution in [0, 0.1) is 36.8 Å². The van der Waals surface area contributed by atoms with Crippen LogP contribution in [0.5, 0.6) is 6.01 Å². The highest BCUT2D eigenvalue weighted by Crippen LogP contribution is 2.48. The highest BCUT2D eigenvalue weighted by atomic mass is 35.5. The van der Waals surface area contributed by atoms with E-state index in [1.165, 1.54) is 16.8 Å². The number of nitriles is 1. The van der Waals surface area contributed by atoms with Gasteiger partial charge in [0.25, 0.3) is 0 Å². The smallest absolute Gasteiger partial charge is 0.346 e. The molecular formula is C36H34ClF3N10O2S. The number of carbonyl (C=O) groups excluding carboxylic acids is 1. The fourth-order valence-electron chi connectivity index (χ4n) is 8.99. The number of amides is 1. The Morgan fingerprint density at radius 2 is 1.98 bits per heavy atom. The average Bonchev–Trinajstić information content (AvgIpc) is 3.92. The first-order valence-electron chi connectivity index (χ1n) is 17.5. The number of anilines is 2. The number of aryl methyl sites for hydroxylation is 2. The molecule has 0 bridgehead atoms. The zero-order valence-corrected chi connectivity index (χ0v) is 30.5. The molecule has 17 heteroatoms. The lowest BCUT2D eigenvalue weighted by atomic mass is 9.84. The van der Waals surface area contributed by atoms with Crippen molar-refractivity contribution >= 4 is 60.8 Å². The molecule has 4 aliphatic rings. The number of alkyl halides is 1. The first kappa shape index (κ1) is 34.1. The molecule has 4 aliphatic heterocycles. The number of aromatic nitrogens is 5. The van der Waals surface area contributed by atoms with Gasteiger partial charge in [0.15, 0.2) is 5.82 Å². The van der Waals surface area contributed by atoms with Gasteiger partial charge in [-0.1, -0.05) is 17.7 Å². The lowest BCUT2D eigenvalue weighted by Crippen LogP contribution is -2.64. The van der Waals surface area contributed by atoms with E-state index in [9.17, 15) is 18.8 Å². The number of hydrogen-bond donors (Lipinski definition) is 1. The van der Waals surface area contributed by atoms with E-state index in [1.54, 1.807) is 24.8 Å². The SMILES string of the molecule is Cc1nc(C)n(C(=O)N2CC[C@]23CCN(c2nc(OC[C@@]45CCCN4C[C@H](F)C5)nc4c(F)c(-c5ccc(F)c6sc(N)c(C#N)c56)c(Cl)cc24)C3)n1. The lowest BCUT2D eigenvalue weighted by Gasteiger charge is -2.50. The van der Waals surface area contributed by atoms with Gasteiger partial charge in [0.2, 0.25) is 0 Å². The minimum absolute atomic E-state index is 0.00176. The van der Waals surface area contributed by atoms with Crippen molar-refractivity contribution < 1.29 is 22.7 Å². The molecule has 2 aromatic carbocycles. The van der Waals surface area contributed by atoms with Crippen LogP contribution in [0.2, 0.25) is 5.02 Å². The summed E-state index contributed by atoms with van der Waals surface area (Å²) < 4.78 is 54.5. The fraction of sp³-hybridized carbons (Fsp3) is 0.444. The summed E-state index contributed by atoms with van der Waals surface area (Å²) in [6, 6.07) is 5.84. The maximum Gasteiger partial charge on any atom is 0.346 e. The van der Waals surface area contributed by atoms with Crippen LogP contribution < -0.4 is 15.4 Å². The summed E-state index contributed by atoms with van der Waals surface area (Å²) in [5.41, 5.74) is 5.14. The number of rotatable bonds is 5. The van der Waals surface area contributed by atoms with Crippen LogP contribution in [-0.2, 0) is 0 Å². The van der Waals surface area contributed by atoms with Gasteiger partial charge in [0.1, 0.15) is 52.6 Å². The number of nitrogens with zero attached hydrogens (tertiary/aromatic N) is 9. The van der Waals surface area contributed by atoms with Gasteiger partial charge >= 0.3 is 12.0 Å². The molecule has 0 aliphatic carbocycles. The van der Waals surface area contributed by atoms with Gasteiger partial charge < -0.3 is 20.3 Å². The minimum Gasteiger partial charge on any atom is -0.461 e. The van der Waals surface area contributed by atoms with E-state index in [4.69, 9.17) is 27.1 Å². The van der Waals surface area contributed by atoms with Crippen molar-refractivity contribution in [3.63, 3.8) is 0 Å². The van der Waals surface area contributed by atoms with E-state index < -0.39 is 28.9 Å².